The fourth-order valence-corrected chi connectivity index (χ4v) is 3.17. The van der Waals surface area contributed by atoms with Crippen LogP contribution in [0.2, 0.25) is 0 Å². The summed E-state index contributed by atoms with van der Waals surface area (Å²) >= 11 is 0. The van der Waals surface area contributed by atoms with Crippen molar-refractivity contribution in [2.75, 3.05) is 19.6 Å². The number of carbonyl (C=O) groups excluding carboxylic acids is 1. The fraction of sp³-hybridized carbons (Fsp3) is 0.368. The SMILES string of the molecule is C=CCNC(=O)N1CCC(Cn2ccnc2-c2ccccc2)CC1. The molecule has 0 saturated carbocycles. The summed E-state index contributed by atoms with van der Waals surface area (Å²) in [7, 11) is 0. The van der Waals surface area contributed by atoms with Crippen molar-refractivity contribution in [1.29, 1.82) is 0 Å². The second kappa shape index (κ2) is 7.81. The van der Waals surface area contributed by atoms with Crippen LogP contribution < -0.4 is 5.32 Å². The summed E-state index contributed by atoms with van der Waals surface area (Å²) in [5.74, 6) is 1.59. The molecule has 0 bridgehead atoms. The summed E-state index contributed by atoms with van der Waals surface area (Å²) in [5.41, 5.74) is 1.14. The second-order valence-corrected chi connectivity index (χ2v) is 6.17. The Kier molecular flexibility index (Phi) is 5.31. The summed E-state index contributed by atoms with van der Waals surface area (Å²) in [6.45, 7) is 6.71. The minimum Gasteiger partial charge on any atom is -0.335 e. The van der Waals surface area contributed by atoms with Crippen LogP contribution in [0.25, 0.3) is 11.4 Å². The van der Waals surface area contributed by atoms with Crippen LogP contribution in [0.4, 0.5) is 4.79 Å². The number of imidazole rings is 1. The minimum atomic E-state index is 0.0148. The van der Waals surface area contributed by atoms with Crippen molar-refractivity contribution in [3.8, 4) is 11.4 Å². The van der Waals surface area contributed by atoms with E-state index >= 15 is 0 Å². The molecule has 0 aliphatic carbocycles. The molecule has 1 aliphatic rings. The van der Waals surface area contributed by atoms with E-state index in [0.29, 0.717) is 12.5 Å². The van der Waals surface area contributed by atoms with Crippen LogP contribution in [0.1, 0.15) is 12.8 Å². The molecule has 1 aromatic carbocycles. The van der Waals surface area contributed by atoms with Crippen LogP contribution in [-0.2, 0) is 6.54 Å². The summed E-state index contributed by atoms with van der Waals surface area (Å²) in [6.07, 6.45) is 7.66. The lowest BCUT2D eigenvalue weighted by Gasteiger charge is -2.32. The number of benzene rings is 1. The molecule has 1 fully saturated rings. The van der Waals surface area contributed by atoms with E-state index in [2.05, 4.69) is 33.6 Å². The maximum absolute atomic E-state index is 12.0. The van der Waals surface area contributed by atoms with Crippen LogP contribution in [0, 0.1) is 5.92 Å². The molecule has 0 spiro atoms. The third-order valence-electron chi connectivity index (χ3n) is 4.50. The maximum Gasteiger partial charge on any atom is 0.317 e. The molecule has 126 valence electrons. The third-order valence-corrected chi connectivity index (χ3v) is 4.50. The van der Waals surface area contributed by atoms with Gasteiger partial charge >= 0.3 is 6.03 Å². The molecule has 1 aromatic heterocycles. The summed E-state index contributed by atoms with van der Waals surface area (Å²) in [5, 5.41) is 2.85. The average Bonchev–Trinajstić information content (AvgIpc) is 3.09. The van der Waals surface area contributed by atoms with Crippen molar-refractivity contribution in [2.45, 2.75) is 19.4 Å². The summed E-state index contributed by atoms with van der Waals surface area (Å²) in [4.78, 5) is 18.4. The first-order valence-electron chi connectivity index (χ1n) is 8.48. The molecule has 5 nitrogen and oxygen atoms in total. The molecule has 1 aliphatic heterocycles. The normalized spacial score (nSPS) is 15.2. The molecule has 0 atom stereocenters. The van der Waals surface area contributed by atoms with Gasteiger partial charge in [-0.05, 0) is 18.8 Å². The lowest BCUT2D eigenvalue weighted by molar-refractivity contribution is 0.166. The van der Waals surface area contributed by atoms with Crippen LogP contribution in [0.3, 0.4) is 0 Å². The lowest BCUT2D eigenvalue weighted by atomic mass is 9.97. The Hall–Kier alpha value is -2.56. The van der Waals surface area contributed by atoms with Gasteiger partial charge in [0, 0.05) is 44.1 Å². The zero-order chi connectivity index (χ0) is 16.8. The largest absolute Gasteiger partial charge is 0.335 e. The Labute approximate surface area is 143 Å². The van der Waals surface area contributed by atoms with Crippen LogP contribution >= 0.6 is 0 Å². The Morgan fingerprint density at radius 2 is 2.04 bits per heavy atom. The monoisotopic (exact) mass is 324 g/mol. The molecule has 2 heterocycles. The highest BCUT2D eigenvalue weighted by Gasteiger charge is 2.23. The van der Waals surface area contributed by atoms with Crippen LogP contribution in [0.15, 0.2) is 55.4 Å². The molecule has 1 saturated heterocycles. The van der Waals surface area contributed by atoms with Gasteiger partial charge < -0.3 is 14.8 Å². The highest BCUT2D eigenvalue weighted by atomic mass is 16.2. The summed E-state index contributed by atoms with van der Waals surface area (Å²) < 4.78 is 2.23. The number of hydrogen-bond donors (Lipinski definition) is 1. The van der Waals surface area contributed by atoms with Gasteiger partial charge in [0.2, 0.25) is 0 Å². The fourth-order valence-electron chi connectivity index (χ4n) is 3.17. The van der Waals surface area contributed by atoms with Gasteiger partial charge in [-0.1, -0.05) is 36.4 Å². The predicted molar refractivity (Wildman–Crippen MR) is 95.6 cm³/mol. The van der Waals surface area contributed by atoms with Crippen molar-refractivity contribution in [3.05, 3.63) is 55.4 Å². The van der Waals surface area contributed by atoms with Gasteiger partial charge in [0.25, 0.3) is 0 Å². The standard InChI is InChI=1S/C19H24N4O/c1-2-10-21-19(24)22-12-8-16(9-13-22)15-23-14-11-20-18(23)17-6-4-3-5-7-17/h2-7,11,14,16H,1,8-10,12-13,15H2,(H,21,24). The first kappa shape index (κ1) is 16.3. The van der Waals surface area contributed by atoms with Gasteiger partial charge in [0.1, 0.15) is 5.82 Å². The highest BCUT2D eigenvalue weighted by molar-refractivity contribution is 5.74. The molecular formula is C19H24N4O. The van der Waals surface area contributed by atoms with E-state index in [0.717, 1.165) is 43.9 Å². The smallest absolute Gasteiger partial charge is 0.317 e. The Morgan fingerprint density at radius 1 is 1.29 bits per heavy atom. The molecule has 5 heteroatoms. The van der Waals surface area contributed by atoms with Crippen molar-refractivity contribution in [1.82, 2.24) is 19.8 Å². The van der Waals surface area contributed by atoms with Crippen molar-refractivity contribution < 1.29 is 4.79 Å². The number of urea groups is 1. The number of rotatable bonds is 5. The number of likely N-dealkylation sites (tertiary alicyclic amines) is 1. The van der Waals surface area contributed by atoms with E-state index in [-0.39, 0.29) is 6.03 Å². The van der Waals surface area contributed by atoms with Gasteiger partial charge in [0.05, 0.1) is 0 Å². The zero-order valence-electron chi connectivity index (χ0n) is 13.9. The maximum atomic E-state index is 12.0. The molecule has 0 unspecified atom stereocenters. The first-order valence-corrected chi connectivity index (χ1v) is 8.48. The number of nitrogens with one attached hydrogen (secondary N) is 1. The number of hydrogen-bond acceptors (Lipinski definition) is 2. The molecule has 1 N–H and O–H groups in total. The van der Waals surface area contributed by atoms with Crippen LogP contribution in [0.5, 0.6) is 0 Å². The van der Waals surface area contributed by atoms with Gasteiger partial charge in [0.15, 0.2) is 0 Å². The van der Waals surface area contributed by atoms with Gasteiger partial charge in [-0.3, -0.25) is 0 Å². The zero-order valence-corrected chi connectivity index (χ0v) is 13.9. The van der Waals surface area contributed by atoms with Gasteiger partial charge in [-0.2, -0.15) is 0 Å². The number of aromatic nitrogens is 2. The summed E-state index contributed by atoms with van der Waals surface area (Å²) in [6, 6.07) is 10.3. The van der Waals surface area contributed by atoms with E-state index < -0.39 is 0 Å². The van der Waals surface area contributed by atoms with E-state index in [1.165, 1.54) is 0 Å². The lowest BCUT2D eigenvalue weighted by Crippen LogP contribution is -2.44. The Bertz CT molecular complexity index is 672. The second-order valence-electron chi connectivity index (χ2n) is 6.17. The first-order chi connectivity index (χ1) is 11.8. The Morgan fingerprint density at radius 3 is 2.75 bits per heavy atom. The van der Waals surface area contributed by atoms with Gasteiger partial charge in [-0.25, -0.2) is 9.78 Å². The van der Waals surface area contributed by atoms with Crippen LogP contribution in [-0.4, -0.2) is 40.1 Å². The number of piperidine rings is 1. The quantitative estimate of drug-likeness (QED) is 0.859. The molecular weight excluding hydrogens is 300 g/mol. The highest BCUT2D eigenvalue weighted by Crippen LogP contribution is 2.23. The van der Waals surface area contributed by atoms with Crippen molar-refractivity contribution in [2.24, 2.45) is 5.92 Å². The third kappa shape index (κ3) is 3.85. The average molecular weight is 324 g/mol. The minimum absolute atomic E-state index is 0.0148. The number of amides is 2. The molecule has 3 rings (SSSR count). The van der Waals surface area contributed by atoms with E-state index in [1.807, 2.05) is 35.5 Å². The molecule has 2 amide bonds. The van der Waals surface area contributed by atoms with Gasteiger partial charge in [-0.15, -0.1) is 6.58 Å². The van der Waals surface area contributed by atoms with E-state index in [9.17, 15) is 4.79 Å². The molecule has 2 aromatic rings. The van der Waals surface area contributed by atoms with Crippen molar-refractivity contribution >= 4 is 6.03 Å². The predicted octanol–water partition coefficient (Wildman–Crippen LogP) is 3.16. The van der Waals surface area contributed by atoms with E-state index in [1.54, 1.807) is 6.08 Å². The number of nitrogens with zero attached hydrogens (tertiary/aromatic N) is 3. The topological polar surface area (TPSA) is 50.2 Å². The number of carbonyl (C=O) groups is 1. The van der Waals surface area contributed by atoms with Crippen molar-refractivity contribution in [3.63, 3.8) is 0 Å². The Balaban J connectivity index is 1.57. The molecule has 24 heavy (non-hydrogen) atoms. The van der Waals surface area contributed by atoms with E-state index in [4.69, 9.17) is 0 Å². The molecule has 0 radical (unpaired) electrons.